The summed E-state index contributed by atoms with van der Waals surface area (Å²) in [6.45, 7) is 0. The number of nitrogens with one attached hydrogen (secondary N) is 1. The second kappa shape index (κ2) is 7.10. The van der Waals surface area contributed by atoms with E-state index < -0.39 is 0 Å². The topological polar surface area (TPSA) is 85.1 Å². The first-order chi connectivity index (χ1) is 11.3. The molecule has 0 amide bonds. The summed E-state index contributed by atoms with van der Waals surface area (Å²) in [5, 5.41) is 25.9. The summed E-state index contributed by atoms with van der Waals surface area (Å²) in [5.74, 6) is 1.30. The Balaban J connectivity index is 1.75. The first-order valence-corrected chi connectivity index (χ1v) is 8.06. The van der Waals surface area contributed by atoms with Crippen LogP contribution in [0.2, 0.25) is 0 Å². The lowest BCUT2D eigenvalue weighted by Crippen LogP contribution is -2.10. The summed E-state index contributed by atoms with van der Waals surface area (Å²) >= 11 is 0. The Morgan fingerprint density at radius 3 is 2.70 bits per heavy atom. The van der Waals surface area contributed by atoms with Crippen molar-refractivity contribution in [1.29, 1.82) is 5.26 Å². The van der Waals surface area contributed by atoms with Crippen LogP contribution in [0.5, 0.6) is 5.75 Å². The zero-order chi connectivity index (χ0) is 16.1. The molecule has 1 fully saturated rings. The Morgan fingerprint density at radius 1 is 1.26 bits per heavy atom. The number of H-pyrrole nitrogens is 1. The van der Waals surface area contributed by atoms with E-state index in [1.165, 1.54) is 32.1 Å². The van der Waals surface area contributed by atoms with E-state index in [1.807, 2.05) is 0 Å². The summed E-state index contributed by atoms with van der Waals surface area (Å²) in [6.07, 6.45) is 8.89. The standard InChI is InChI=1S/C18H20N4O/c19-11-16-17(10-13-4-2-1-3-5-13)21-22-18(16)20-12-14-6-8-15(23)9-7-14/h6-9,12-13,23H,1-5,10H2,(H,21,22). The van der Waals surface area contributed by atoms with E-state index in [9.17, 15) is 10.4 Å². The molecule has 1 saturated carbocycles. The van der Waals surface area contributed by atoms with Gasteiger partial charge in [-0.05, 0) is 42.2 Å². The highest BCUT2D eigenvalue weighted by Crippen LogP contribution is 2.29. The predicted molar refractivity (Wildman–Crippen MR) is 88.9 cm³/mol. The molecule has 118 valence electrons. The number of rotatable bonds is 4. The molecule has 3 rings (SSSR count). The van der Waals surface area contributed by atoms with Gasteiger partial charge in [0, 0.05) is 6.21 Å². The van der Waals surface area contributed by atoms with Gasteiger partial charge in [0.15, 0.2) is 5.82 Å². The lowest BCUT2D eigenvalue weighted by atomic mass is 9.85. The highest BCUT2D eigenvalue weighted by molar-refractivity contribution is 5.82. The van der Waals surface area contributed by atoms with Gasteiger partial charge in [-0.25, -0.2) is 4.99 Å². The van der Waals surface area contributed by atoms with Crippen LogP contribution in [-0.2, 0) is 6.42 Å². The molecule has 2 aromatic rings. The van der Waals surface area contributed by atoms with Crippen LogP contribution >= 0.6 is 0 Å². The smallest absolute Gasteiger partial charge is 0.191 e. The monoisotopic (exact) mass is 308 g/mol. The molecule has 1 aliphatic rings. The van der Waals surface area contributed by atoms with Crippen molar-refractivity contribution >= 4 is 12.0 Å². The van der Waals surface area contributed by atoms with Crippen molar-refractivity contribution in [3.63, 3.8) is 0 Å². The summed E-state index contributed by atoms with van der Waals surface area (Å²) in [6, 6.07) is 8.97. The van der Waals surface area contributed by atoms with Crippen molar-refractivity contribution in [2.24, 2.45) is 10.9 Å². The van der Waals surface area contributed by atoms with Crippen LogP contribution in [0.3, 0.4) is 0 Å². The molecule has 1 aromatic carbocycles. The lowest BCUT2D eigenvalue weighted by Gasteiger charge is -2.20. The zero-order valence-electron chi connectivity index (χ0n) is 13.0. The van der Waals surface area contributed by atoms with E-state index in [-0.39, 0.29) is 5.75 Å². The number of hydrogen-bond donors (Lipinski definition) is 2. The molecule has 0 bridgehead atoms. The first-order valence-electron chi connectivity index (χ1n) is 8.06. The summed E-state index contributed by atoms with van der Waals surface area (Å²) in [7, 11) is 0. The molecule has 2 N–H and O–H groups in total. The van der Waals surface area contributed by atoms with Gasteiger partial charge < -0.3 is 5.11 Å². The second-order valence-electron chi connectivity index (χ2n) is 6.07. The van der Waals surface area contributed by atoms with E-state index in [0.717, 1.165) is 17.7 Å². The number of aromatic nitrogens is 2. The maximum atomic E-state index is 9.43. The quantitative estimate of drug-likeness (QED) is 0.841. The van der Waals surface area contributed by atoms with Crippen LogP contribution in [0.15, 0.2) is 29.3 Å². The maximum Gasteiger partial charge on any atom is 0.191 e. The Bertz CT molecular complexity index is 718. The lowest BCUT2D eigenvalue weighted by molar-refractivity contribution is 0.354. The molecule has 5 heteroatoms. The normalized spacial score (nSPS) is 15.8. The molecule has 1 heterocycles. The minimum atomic E-state index is 0.217. The molecular formula is C18H20N4O. The van der Waals surface area contributed by atoms with Gasteiger partial charge in [-0.2, -0.15) is 10.4 Å². The maximum absolute atomic E-state index is 9.43. The van der Waals surface area contributed by atoms with E-state index in [2.05, 4.69) is 21.3 Å². The number of nitriles is 1. The minimum absolute atomic E-state index is 0.217. The van der Waals surface area contributed by atoms with Crippen molar-refractivity contribution in [3.8, 4) is 11.8 Å². The van der Waals surface area contributed by atoms with Crippen molar-refractivity contribution in [1.82, 2.24) is 10.2 Å². The molecule has 5 nitrogen and oxygen atoms in total. The van der Waals surface area contributed by atoms with Gasteiger partial charge in [-0.1, -0.05) is 32.1 Å². The van der Waals surface area contributed by atoms with Gasteiger partial charge in [0.05, 0.1) is 5.69 Å². The summed E-state index contributed by atoms with van der Waals surface area (Å²) in [4.78, 5) is 4.32. The molecule has 23 heavy (non-hydrogen) atoms. The third kappa shape index (κ3) is 3.78. The molecule has 0 unspecified atom stereocenters. The van der Waals surface area contributed by atoms with Gasteiger partial charge in [0.2, 0.25) is 0 Å². The van der Waals surface area contributed by atoms with Crippen LogP contribution in [-0.4, -0.2) is 21.5 Å². The van der Waals surface area contributed by atoms with E-state index in [0.29, 0.717) is 17.3 Å². The fourth-order valence-corrected chi connectivity index (χ4v) is 3.10. The Labute approximate surface area is 135 Å². The van der Waals surface area contributed by atoms with Gasteiger partial charge in [0.25, 0.3) is 0 Å². The molecule has 0 radical (unpaired) electrons. The number of hydrogen-bond acceptors (Lipinski definition) is 4. The second-order valence-corrected chi connectivity index (χ2v) is 6.07. The number of aromatic hydroxyl groups is 1. The van der Waals surface area contributed by atoms with Crippen LogP contribution in [0.1, 0.15) is 48.9 Å². The molecule has 0 aliphatic heterocycles. The molecule has 1 aromatic heterocycles. The highest BCUT2D eigenvalue weighted by Gasteiger charge is 2.19. The van der Waals surface area contributed by atoms with Crippen LogP contribution in [0.4, 0.5) is 5.82 Å². The fraction of sp³-hybridized carbons (Fsp3) is 0.389. The predicted octanol–water partition coefficient (Wildman–Crippen LogP) is 3.86. The van der Waals surface area contributed by atoms with Gasteiger partial charge in [-0.3, -0.25) is 5.10 Å². The summed E-state index contributed by atoms with van der Waals surface area (Å²) in [5.41, 5.74) is 2.30. The minimum Gasteiger partial charge on any atom is -0.508 e. The SMILES string of the molecule is N#Cc1c(N=Cc2ccc(O)cc2)n[nH]c1CC1CCCCC1. The number of nitrogens with zero attached hydrogens (tertiary/aromatic N) is 3. The molecule has 1 aliphatic carbocycles. The van der Waals surface area contributed by atoms with Crippen molar-refractivity contribution in [3.05, 3.63) is 41.1 Å². The molecule has 0 atom stereocenters. The van der Waals surface area contributed by atoms with Crippen molar-refractivity contribution < 1.29 is 5.11 Å². The van der Waals surface area contributed by atoms with Crippen molar-refractivity contribution in [2.45, 2.75) is 38.5 Å². The van der Waals surface area contributed by atoms with Gasteiger partial charge >= 0.3 is 0 Å². The Morgan fingerprint density at radius 2 is 2.00 bits per heavy atom. The number of phenols is 1. The zero-order valence-corrected chi connectivity index (χ0v) is 13.0. The average Bonchev–Trinajstić information content (AvgIpc) is 2.97. The molecular weight excluding hydrogens is 288 g/mol. The summed E-state index contributed by atoms with van der Waals surface area (Å²) < 4.78 is 0. The fourth-order valence-electron chi connectivity index (χ4n) is 3.10. The Hall–Kier alpha value is -2.61. The number of aromatic amines is 1. The third-order valence-electron chi connectivity index (χ3n) is 4.38. The van der Waals surface area contributed by atoms with Gasteiger partial charge in [-0.15, -0.1) is 0 Å². The first kappa shape index (κ1) is 15.3. The van der Waals surface area contributed by atoms with Crippen molar-refractivity contribution in [2.75, 3.05) is 0 Å². The van der Waals surface area contributed by atoms with Crippen LogP contribution in [0.25, 0.3) is 0 Å². The van der Waals surface area contributed by atoms with Crippen LogP contribution in [0, 0.1) is 17.2 Å². The van der Waals surface area contributed by atoms with Gasteiger partial charge in [0.1, 0.15) is 17.4 Å². The average molecular weight is 308 g/mol. The number of phenolic OH excluding ortho intramolecular Hbond substituents is 1. The molecule has 0 saturated heterocycles. The number of aliphatic imine (C=N–C) groups is 1. The van der Waals surface area contributed by atoms with E-state index >= 15 is 0 Å². The largest absolute Gasteiger partial charge is 0.508 e. The molecule has 0 spiro atoms. The Kier molecular flexibility index (Phi) is 4.72. The highest BCUT2D eigenvalue weighted by atomic mass is 16.3. The van der Waals surface area contributed by atoms with Crippen LogP contribution < -0.4 is 0 Å². The van der Waals surface area contributed by atoms with E-state index in [4.69, 9.17) is 0 Å². The number of benzene rings is 1. The van der Waals surface area contributed by atoms with E-state index in [1.54, 1.807) is 30.5 Å². The third-order valence-corrected chi connectivity index (χ3v) is 4.38.